The summed E-state index contributed by atoms with van der Waals surface area (Å²) in [6.07, 6.45) is 1.41. The van der Waals surface area contributed by atoms with Gasteiger partial charge >= 0.3 is 6.09 Å². The maximum absolute atomic E-state index is 12.3. The van der Waals surface area contributed by atoms with Gasteiger partial charge in [-0.25, -0.2) is 4.79 Å². The van der Waals surface area contributed by atoms with Crippen LogP contribution in [0.1, 0.15) is 54.4 Å². The normalized spacial score (nSPS) is 22.6. The highest BCUT2D eigenvalue weighted by molar-refractivity contribution is 5.69. The fourth-order valence-corrected chi connectivity index (χ4v) is 2.38. The lowest BCUT2D eigenvalue weighted by Crippen LogP contribution is -2.50. The molecule has 1 amide bonds. The zero-order chi connectivity index (χ0) is 16.3. The Morgan fingerprint density at radius 3 is 2.24 bits per heavy atom. The highest BCUT2D eigenvalue weighted by atomic mass is 16.6. The summed E-state index contributed by atoms with van der Waals surface area (Å²) in [5.41, 5.74) is -0.743. The average Bonchev–Trinajstić information content (AvgIpc) is 2.21. The van der Waals surface area contributed by atoms with Gasteiger partial charge in [0.05, 0.1) is 6.10 Å². The molecular weight excluding hydrogens is 268 g/mol. The Kier molecular flexibility index (Phi) is 6.05. The molecule has 0 aliphatic heterocycles. The van der Waals surface area contributed by atoms with Crippen LogP contribution in [0.15, 0.2) is 0 Å². The van der Waals surface area contributed by atoms with Crippen LogP contribution in [-0.2, 0) is 4.74 Å². The minimum atomic E-state index is -0.476. The fraction of sp³-hybridized carbons (Fsp3) is 0.938. The Morgan fingerprint density at radius 1 is 1.24 bits per heavy atom. The van der Waals surface area contributed by atoms with E-state index in [4.69, 9.17) is 4.74 Å². The Hall–Kier alpha value is -0.810. The van der Waals surface area contributed by atoms with E-state index in [0.717, 1.165) is 25.9 Å². The van der Waals surface area contributed by atoms with Crippen molar-refractivity contribution in [3.05, 3.63) is 0 Å². The SMILES string of the molecule is CC(C)(C)OC(=O)N(CCNCC1CC(O)C1)C(C)(C)C. The summed E-state index contributed by atoms with van der Waals surface area (Å²) in [6, 6.07) is 0. The molecule has 21 heavy (non-hydrogen) atoms. The van der Waals surface area contributed by atoms with Gasteiger partial charge in [-0.2, -0.15) is 0 Å². The molecule has 0 unspecified atom stereocenters. The summed E-state index contributed by atoms with van der Waals surface area (Å²) < 4.78 is 5.48. The van der Waals surface area contributed by atoms with Crippen molar-refractivity contribution >= 4 is 6.09 Å². The molecule has 1 rings (SSSR count). The number of amides is 1. The molecule has 2 N–H and O–H groups in total. The van der Waals surface area contributed by atoms with Crippen molar-refractivity contribution in [2.45, 2.75) is 71.6 Å². The van der Waals surface area contributed by atoms with Crippen LogP contribution in [0.5, 0.6) is 0 Å². The Balaban J connectivity index is 2.38. The molecule has 1 aliphatic carbocycles. The first-order chi connectivity index (χ1) is 9.49. The van der Waals surface area contributed by atoms with E-state index >= 15 is 0 Å². The van der Waals surface area contributed by atoms with Gasteiger partial charge in [-0.15, -0.1) is 0 Å². The van der Waals surface area contributed by atoms with Crippen molar-refractivity contribution < 1.29 is 14.6 Å². The van der Waals surface area contributed by atoms with Crippen LogP contribution in [0, 0.1) is 5.92 Å². The Morgan fingerprint density at radius 2 is 1.81 bits per heavy atom. The molecule has 0 aromatic rings. The number of nitrogens with one attached hydrogen (secondary N) is 1. The third-order valence-corrected chi connectivity index (χ3v) is 3.58. The fourth-order valence-electron chi connectivity index (χ4n) is 2.38. The van der Waals surface area contributed by atoms with Crippen LogP contribution < -0.4 is 5.32 Å². The number of carbonyl (C=O) groups is 1. The third-order valence-electron chi connectivity index (χ3n) is 3.58. The van der Waals surface area contributed by atoms with E-state index in [1.807, 2.05) is 41.5 Å². The van der Waals surface area contributed by atoms with Crippen LogP contribution in [0.25, 0.3) is 0 Å². The molecular formula is C16H32N2O3. The second-order valence-corrected chi connectivity index (χ2v) is 8.00. The molecule has 0 aromatic carbocycles. The first-order valence-electron chi connectivity index (χ1n) is 7.88. The van der Waals surface area contributed by atoms with Crippen LogP contribution in [0.4, 0.5) is 4.79 Å². The van der Waals surface area contributed by atoms with Crippen molar-refractivity contribution in [2.24, 2.45) is 5.92 Å². The van der Waals surface area contributed by atoms with Gasteiger partial charge in [0, 0.05) is 18.6 Å². The number of aliphatic hydroxyl groups excluding tert-OH is 1. The molecule has 0 spiro atoms. The van der Waals surface area contributed by atoms with E-state index in [9.17, 15) is 9.90 Å². The van der Waals surface area contributed by atoms with Crippen LogP contribution in [0.3, 0.4) is 0 Å². The lowest BCUT2D eigenvalue weighted by atomic mass is 9.82. The summed E-state index contributed by atoms with van der Waals surface area (Å²) in [5.74, 6) is 0.574. The number of aliphatic hydroxyl groups is 1. The van der Waals surface area contributed by atoms with Gasteiger partial charge in [0.25, 0.3) is 0 Å². The summed E-state index contributed by atoms with van der Waals surface area (Å²) in [7, 11) is 0. The molecule has 0 radical (unpaired) electrons. The quantitative estimate of drug-likeness (QED) is 0.765. The molecule has 0 aromatic heterocycles. The topological polar surface area (TPSA) is 61.8 Å². The van der Waals surface area contributed by atoms with E-state index in [1.165, 1.54) is 0 Å². The minimum absolute atomic E-state index is 0.107. The lowest BCUT2D eigenvalue weighted by Gasteiger charge is -2.37. The minimum Gasteiger partial charge on any atom is -0.444 e. The molecule has 1 fully saturated rings. The van der Waals surface area contributed by atoms with Gasteiger partial charge in [0.1, 0.15) is 5.60 Å². The molecule has 0 atom stereocenters. The van der Waals surface area contributed by atoms with Gasteiger partial charge in [0.15, 0.2) is 0 Å². The highest BCUT2D eigenvalue weighted by Crippen LogP contribution is 2.26. The molecule has 0 saturated heterocycles. The van der Waals surface area contributed by atoms with Crippen molar-refractivity contribution in [2.75, 3.05) is 19.6 Å². The first-order valence-corrected chi connectivity index (χ1v) is 7.88. The van der Waals surface area contributed by atoms with Crippen molar-refractivity contribution in [3.8, 4) is 0 Å². The summed E-state index contributed by atoms with van der Waals surface area (Å²) in [6.45, 7) is 13.9. The maximum atomic E-state index is 12.3. The predicted octanol–water partition coefficient (Wildman–Crippen LogP) is 2.38. The van der Waals surface area contributed by atoms with E-state index < -0.39 is 5.60 Å². The molecule has 5 nitrogen and oxygen atoms in total. The average molecular weight is 300 g/mol. The van der Waals surface area contributed by atoms with Crippen LogP contribution >= 0.6 is 0 Å². The maximum Gasteiger partial charge on any atom is 0.410 e. The number of nitrogens with zero attached hydrogens (tertiary/aromatic N) is 1. The van der Waals surface area contributed by atoms with Crippen molar-refractivity contribution in [1.29, 1.82) is 0 Å². The van der Waals surface area contributed by atoms with Gasteiger partial charge in [-0.1, -0.05) is 0 Å². The first kappa shape index (κ1) is 18.2. The summed E-state index contributed by atoms with van der Waals surface area (Å²) >= 11 is 0. The summed E-state index contributed by atoms with van der Waals surface area (Å²) in [4.78, 5) is 14.1. The standard InChI is InChI=1S/C16H32N2O3/c1-15(2,3)18(14(20)21-16(4,5)6)8-7-17-11-12-9-13(19)10-12/h12-13,17,19H,7-11H2,1-6H3. The van der Waals surface area contributed by atoms with E-state index in [2.05, 4.69) is 5.32 Å². The highest BCUT2D eigenvalue weighted by Gasteiger charge is 2.30. The number of rotatable bonds is 5. The number of hydrogen-bond acceptors (Lipinski definition) is 4. The van der Waals surface area contributed by atoms with E-state index in [-0.39, 0.29) is 17.7 Å². The summed E-state index contributed by atoms with van der Waals surface area (Å²) in [5, 5.41) is 12.6. The van der Waals surface area contributed by atoms with Crippen LogP contribution in [0.2, 0.25) is 0 Å². The van der Waals surface area contributed by atoms with E-state index in [1.54, 1.807) is 4.90 Å². The molecule has 1 saturated carbocycles. The van der Waals surface area contributed by atoms with Crippen LogP contribution in [-0.4, -0.2) is 53.0 Å². The van der Waals surface area contributed by atoms with Crippen molar-refractivity contribution in [3.63, 3.8) is 0 Å². The Bertz CT molecular complexity index is 338. The second-order valence-electron chi connectivity index (χ2n) is 8.00. The van der Waals surface area contributed by atoms with Gasteiger partial charge in [-0.05, 0) is 66.8 Å². The number of ether oxygens (including phenoxy) is 1. The molecule has 0 bridgehead atoms. The van der Waals surface area contributed by atoms with Gasteiger partial charge in [-0.3, -0.25) is 0 Å². The molecule has 5 heteroatoms. The van der Waals surface area contributed by atoms with Gasteiger partial charge in [0.2, 0.25) is 0 Å². The van der Waals surface area contributed by atoms with Gasteiger partial charge < -0.3 is 20.1 Å². The van der Waals surface area contributed by atoms with Crippen molar-refractivity contribution in [1.82, 2.24) is 10.2 Å². The zero-order valence-electron chi connectivity index (χ0n) is 14.4. The lowest BCUT2D eigenvalue weighted by molar-refractivity contribution is 0.00623. The molecule has 124 valence electrons. The number of carbonyl (C=O) groups excluding carboxylic acids is 1. The Labute approximate surface area is 129 Å². The molecule has 1 aliphatic rings. The largest absolute Gasteiger partial charge is 0.444 e. The smallest absolute Gasteiger partial charge is 0.410 e. The van der Waals surface area contributed by atoms with E-state index in [0.29, 0.717) is 12.5 Å². The number of hydrogen-bond donors (Lipinski definition) is 2. The monoisotopic (exact) mass is 300 g/mol. The second kappa shape index (κ2) is 6.97. The predicted molar refractivity (Wildman–Crippen MR) is 84.3 cm³/mol. The zero-order valence-corrected chi connectivity index (χ0v) is 14.4. The third kappa shape index (κ3) is 6.66. The molecule has 0 heterocycles.